The predicted octanol–water partition coefficient (Wildman–Crippen LogP) is 1.89. The smallest absolute Gasteiger partial charge is 0.286 e. The van der Waals surface area contributed by atoms with Crippen molar-refractivity contribution in [1.82, 2.24) is 4.98 Å². The number of hydrogen-bond donors (Lipinski definition) is 1. The van der Waals surface area contributed by atoms with Crippen LogP contribution in [0.2, 0.25) is 0 Å². The predicted molar refractivity (Wildman–Crippen MR) is 55.2 cm³/mol. The van der Waals surface area contributed by atoms with Gasteiger partial charge in [0.2, 0.25) is 5.76 Å². The van der Waals surface area contributed by atoms with Gasteiger partial charge in [-0.15, -0.1) is 0 Å². The van der Waals surface area contributed by atoms with Crippen LogP contribution in [-0.4, -0.2) is 10.9 Å². The van der Waals surface area contributed by atoms with Gasteiger partial charge in [-0.3, -0.25) is 4.79 Å². The van der Waals surface area contributed by atoms with Crippen LogP contribution in [0.3, 0.4) is 0 Å². The Bertz CT molecular complexity index is 549. The van der Waals surface area contributed by atoms with E-state index >= 15 is 0 Å². The maximum atomic E-state index is 13.0. The fourth-order valence-corrected chi connectivity index (χ4v) is 1.43. The first-order valence-corrected chi connectivity index (χ1v) is 4.61. The largest absolute Gasteiger partial charge is 0.435 e. The molecule has 0 saturated heterocycles. The number of aromatic nitrogens is 1. The minimum atomic E-state index is -0.722. The SMILES string of the molecule is Cc1nc(-c2cccc(F)c2)c(C(N)=O)o1. The van der Waals surface area contributed by atoms with Gasteiger partial charge in [0, 0.05) is 12.5 Å². The number of primary amides is 1. The molecule has 1 aromatic heterocycles. The number of halogens is 1. The Labute approximate surface area is 90.9 Å². The molecule has 0 atom stereocenters. The number of rotatable bonds is 2. The van der Waals surface area contributed by atoms with E-state index in [2.05, 4.69) is 4.98 Å². The van der Waals surface area contributed by atoms with Crippen molar-refractivity contribution in [3.05, 3.63) is 41.7 Å². The molecule has 4 nitrogen and oxygen atoms in total. The highest BCUT2D eigenvalue weighted by Crippen LogP contribution is 2.23. The van der Waals surface area contributed by atoms with E-state index in [1.807, 2.05) is 0 Å². The lowest BCUT2D eigenvalue weighted by Gasteiger charge is -1.97. The highest BCUT2D eigenvalue weighted by molar-refractivity contribution is 5.96. The Hall–Kier alpha value is -2.17. The second-order valence-corrected chi connectivity index (χ2v) is 3.29. The number of amides is 1. The van der Waals surface area contributed by atoms with E-state index in [0.29, 0.717) is 11.5 Å². The molecule has 1 amide bonds. The van der Waals surface area contributed by atoms with Crippen molar-refractivity contribution in [3.8, 4) is 11.3 Å². The maximum absolute atomic E-state index is 13.0. The molecule has 5 heteroatoms. The minimum absolute atomic E-state index is 0.0527. The van der Waals surface area contributed by atoms with E-state index < -0.39 is 11.7 Å². The van der Waals surface area contributed by atoms with Crippen LogP contribution in [0.1, 0.15) is 16.4 Å². The lowest BCUT2D eigenvalue weighted by atomic mass is 10.1. The monoisotopic (exact) mass is 220 g/mol. The fourth-order valence-electron chi connectivity index (χ4n) is 1.43. The zero-order chi connectivity index (χ0) is 11.7. The number of carbonyl (C=O) groups excluding carboxylic acids is 1. The van der Waals surface area contributed by atoms with Gasteiger partial charge in [0.05, 0.1) is 0 Å². The second-order valence-electron chi connectivity index (χ2n) is 3.29. The summed E-state index contributed by atoms with van der Waals surface area (Å²) in [5, 5.41) is 0. The summed E-state index contributed by atoms with van der Waals surface area (Å²) >= 11 is 0. The Morgan fingerprint density at radius 2 is 2.25 bits per heavy atom. The average Bonchev–Trinajstić information content (AvgIpc) is 2.60. The van der Waals surface area contributed by atoms with E-state index in [4.69, 9.17) is 10.2 Å². The van der Waals surface area contributed by atoms with Gasteiger partial charge in [0.15, 0.2) is 5.89 Å². The summed E-state index contributed by atoms with van der Waals surface area (Å²) < 4.78 is 18.1. The van der Waals surface area contributed by atoms with Crippen molar-refractivity contribution >= 4 is 5.91 Å². The third-order valence-corrected chi connectivity index (χ3v) is 2.06. The second kappa shape index (κ2) is 3.77. The number of nitrogens with zero attached hydrogens (tertiary/aromatic N) is 1. The third-order valence-electron chi connectivity index (χ3n) is 2.06. The summed E-state index contributed by atoms with van der Waals surface area (Å²) in [6, 6.07) is 5.73. The highest BCUT2D eigenvalue weighted by atomic mass is 19.1. The van der Waals surface area contributed by atoms with Crippen LogP contribution in [0.4, 0.5) is 4.39 Å². The molecular weight excluding hydrogens is 211 g/mol. The topological polar surface area (TPSA) is 69.1 Å². The third kappa shape index (κ3) is 1.79. The first-order chi connectivity index (χ1) is 7.58. The van der Waals surface area contributed by atoms with Crippen molar-refractivity contribution in [2.24, 2.45) is 5.73 Å². The lowest BCUT2D eigenvalue weighted by Crippen LogP contribution is -2.11. The molecule has 0 aliphatic heterocycles. The fraction of sp³-hybridized carbons (Fsp3) is 0.0909. The first-order valence-electron chi connectivity index (χ1n) is 4.61. The van der Waals surface area contributed by atoms with E-state index in [-0.39, 0.29) is 11.5 Å². The first kappa shape index (κ1) is 10.4. The van der Waals surface area contributed by atoms with Gasteiger partial charge in [0.25, 0.3) is 5.91 Å². The van der Waals surface area contributed by atoms with Crippen LogP contribution < -0.4 is 5.73 Å². The molecule has 2 rings (SSSR count). The van der Waals surface area contributed by atoms with Gasteiger partial charge < -0.3 is 10.2 Å². The van der Waals surface area contributed by atoms with Gasteiger partial charge in [-0.25, -0.2) is 9.37 Å². The zero-order valence-electron chi connectivity index (χ0n) is 8.53. The highest BCUT2D eigenvalue weighted by Gasteiger charge is 2.17. The van der Waals surface area contributed by atoms with Gasteiger partial charge in [0.1, 0.15) is 11.5 Å². The summed E-state index contributed by atoms with van der Waals surface area (Å²) in [5.74, 6) is -0.871. The summed E-state index contributed by atoms with van der Waals surface area (Å²) in [5.41, 5.74) is 5.87. The Morgan fingerprint density at radius 3 is 2.88 bits per heavy atom. The molecule has 0 saturated carbocycles. The van der Waals surface area contributed by atoms with Crippen molar-refractivity contribution in [2.75, 3.05) is 0 Å². The van der Waals surface area contributed by atoms with Crippen LogP contribution >= 0.6 is 0 Å². The Balaban J connectivity index is 2.59. The molecule has 1 aromatic carbocycles. The zero-order valence-corrected chi connectivity index (χ0v) is 8.53. The van der Waals surface area contributed by atoms with E-state index in [1.165, 1.54) is 18.2 Å². The Kier molecular flexibility index (Phi) is 2.44. The molecule has 2 aromatic rings. The normalized spacial score (nSPS) is 10.4. The maximum Gasteiger partial charge on any atom is 0.286 e. The molecule has 0 radical (unpaired) electrons. The molecule has 0 aliphatic carbocycles. The average molecular weight is 220 g/mol. The summed E-state index contributed by atoms with van der Waals surface area (Å²) in [4.78, 5) is 15.1. The van der Waals surface area contributed by atoms with E-state index in [0.717, 1.165) is 0 Å². The molecular formula is C11H9FN2O2. The van der Waals surface area contributed by atoms with Gasteiger partial charge >= 0.3 is 0 Å². The molecule has 16 heavy (non-hydrogen) atoms. The molecule has 2 N–H and O–H groups in total. The molecule has 0 spiro atoms. The molecule has 0 fully saturated rings. The number of nitrogens with two attached hydrogens (primary N) is 1. The van der Waals surface area contributed by atoms with Crippen LogP contribution in [0, 0.1) is 12.7 Å². The van der Waals surface area contributed by atoms with Crippen LogP contribution in [-0.2, 0) is 0 Å². The standard InChI is InChI=1S/C11H9FN2O2/c1-6-14-9(10(16-6)11(13)15)7-3-2-4-8(12)5-7/h2-5H,1H3,(H2,13,15). The van der Waals surface area contributed by atoms with Crippen molar-refractivity contribution in [1.29, 1.82) is 0 Å². The van der Waals surface area contributed by atoms with Crippen LogP contribution in [0.15, 0.2) is 28.7 Å². The van der Waals surface area contributed by atoms with Gasteiger partial charge in [-0.05, 0) is 12.1 Å². The number of aryl methyl sites for hydroxylation is 1. The van der Waals surface area contributed by atoms with Gasteiger partial charge in [-0.2, -0.15) is 0 Å². The van der Waals surface area contributed by atoms with Crippen LogP contribution in [0.25, 0.3) is 11.3 Å². The molecule has 0 aliphatic rings. The molecule has 0 unspecified atom stereocenters. The molecule has 0 bridgehead atoms. The van der Waals surface area contributed by atoms with Gasteiger partial charge in [-0.1, -0.05) is 12.1 Å². The Morgan fingerprint density at radius 1 is 1.50 bits per heavy atom. The lowest BCUT2D eigenvalue weighted by molar-refractivity contribution is 0.0973. The number of carbonyl (C=O) groups is 1. The van der Waals surface area contributed by atoms with Crippen molar-refractivity contribution in [2.45, 2.75) is 6.92 Å². The number of benzene rings is 1. The van der Waals surface area contributed by atoms with Crippen molar-refractivity contribution in [3.63, 3.8) is 0 Å². The quantitative estimate of drug-likeness (QED) is 0.840. The summed E-state index contributed by atoms with van der Waals surface area (Å²) in [6.07, 6.45) is 0. The number of hydrogen-bond acceptors (Lipinski definition) is 3. The summed E-state index contributed by atoms with van der Waals surface area (Å²) in [7, 11) is 0. The number of oxazole rings is 1. The molecule has 82 valence electrons. The van der Waals surface area contributed by atoms with E-state index in [9.17, 15) is 9.18 Å². The molecule has 1 heterocycles. The van der Waals surface area contributed by atoms with Crippen molar-refractivity contribution < 1.29 is 13.6 Å². The summed E-state index contributed by atoms with van der Waals surface area (Å²) in [6.45, 7) is 1.59. The minimum Gasteiger partial charge on any atom is -0.435 e. The van der Waals surface area contributed by atoms with E-state index in [1.54, 1.807) is 13.0 Å². The van der Waals surface area contributed by atoms with Crippen LogP contribution in [0.5, 0.6) is 0 Å².